The minimum absolute atomic E-state index is 0.0147. The SMILES string of the molecule is COc1ccc(C(=O)c2ccc3ncccc3c2)c(C)c1. The number of ether oxygens (including phenoxy) is 1. The molecule has 2 aromatic carbocycles. The molecular formula is C18H15NO2. The van der Waals surface area contributed by atoms with Crippen molar-refractivity contribution in [1.82, 2.24) is 4.98 Å². The molecule has 0 saturated carbocycles. The Morgan fingerprint density at radius 2 is 1.95 bits per heavy atom. The van der Waals surface area contributed by atoms with E-state index >= 15 is 0 Å². The topological polar surface area (TPSA) is 39.2 Å². The van der Waals surface area contributed by atoms with Gasteiger partial charge < -0.3 is 4.74 Å². The van der Waals surface area contributed by atoms with Gasteiger partial charge in [-0.25, -0.2) is 0 Å². The van der Waals surface area contributed by atoms with Crippen LogP contribution in [0, 0.1) is 6.92 Å². The minimum atomic E-state index is 0.0147. The van der Waals surface area contributed by atoms with Gasteiger partial charge >= 0.3 is 0 Å². The average Bonchev–Trinajstić information content (AvgIpc) is 2.53. The molecule has 0 aliphatic carbocycles. The molecule has 0 radical (unpaired) electrons. The maximum Gasteiger partial charge on any atom is 0.193 e. The molecule has 0 saturated heterocycles. The van der Waals surface area contributed by atoms with Crippen molar-refractivity contribution in [3.8, 4) is 5.75 Å². The number of hydrogen-bond donors (Lipinski definition) is 0. The van der Waals surface area contributed by atoms with E-state index in [1.54, 1.807) is 13.3 Å². The zero-order valence-electron chi connectivity index (χ0n) is 12.0. The van der Waals surface area contributed by atoms with Crippen molar-refractivity contribution < 1.29 is 9.53 Å². The van der Waals surface area contributed by atoms with E-state index in [-0.39, 0.29) is 5.78 Å². The maximum atomic E-state index is 12.6. The zero-order chi connectivity index (χ0) is 14.8. The second-order valence-corrected chi connectivity index (χ2v) is 4.92. The first-order valence-electron chi connectivity index (χ1n) is 6.73. The van der Waals surface area contributed by atoms with Gasteiger partial charge in [-0.05, 0) is 55.0 Å². The second-order valence-electron chi connectivity index (χ2n) is 4.92. The highest BCUT2D eigenvalue weighted by atomic mass is 16.5. The van der Waals surface area contributed by atoms with Gasteiger partial charge in [0.05, 0.1) is 12.6 Å². The Labute approximate surface area is 123 Å². The van der Waals surface area contributed by atoms with Gasteiger partial charge in [0, 0.05) is 22.7 Å². The summed E-state index contributed by atoms with van der Waals surface area (Å²) in [5.74, 6) is 0.771. The molecule has 0 N–H and O–H groups in total. The first kappa shape index (κ1) is 13.3. The monoisotopic (exact) mass is 277 g/mol. The summed E-state index contributed by atoms with van der Waals surface area (Å²) in [6.07, 6.45) is 1.75. The highest BCUT2D eigenvalue weighted by molar-refractivity contribution is 6.11. The minimum Gasteiger partial charge on any atom is -0.497 e. The number of carbonyl (C=O) groups excluding carboxylic acids is 1. The third-order valence-electron chi connectivity index (χ3n) is 3.54. The van der Waals surface area contributed by atoms with Crippen molar-refractivity contribution >= 4 is 16.7 Å². The van der Waals surface area contributed by atoms with Crippen LogP contribution in [-0.4, -0.2) is 17.9 Å². The standard InChI is InChI=1S/C18H15NO2/c1-12-10-15(21-2)6-7-16(12)18(20)14-5-8-17-13(11-14)4-3-9-19-17/h3-11H,1-2H3. The van der Waals surface area contributed by atoms with Gasteiger partial charge in [0.2, 0.25) is 0 Å². The molecule has 0 spiro atoms. The number of hydrogen-bond acceptors (Lipinski definition) is 3. The van der Waals surface area contributed by atoms with E-state index in [1.807, 2.05) is 55.5 Å². The number of benzene rings is 2. The summed E-state index contributed by atoms with van der Waals surface area (Å²) >= 11 is 0. The third kappa shape index (κ3) is 2.50. The van der Waals surface area contributed by atoms with Gasteiger partial charge in [0.1, 0.15) is 5.75 Å². The van der Waals surface area contributed by atoms with Gasteiger partial charge in [0.25, 0.3) is 0 Å². The van der Waals surface area contributed by atoms with E-state index in [0.29, 0.717) is 11.1 Å². The molecule has 0 aliphatic heterocycles. The normalized spacial score (nSPS) is 10.6. The summed E-state index contributed by atoms with van der Waals surface area (Å²) in [6.45, 7) is 1.92. The first-order valence-corrected chi connectivity index (χ1v) is 6.73. The van der Waals surface area contributed by atoms with Crippen LogP contribution in [0.5, 0.6) is 5.75 Å². The number of ketones is 1. The molecule has 0 amide bonds. The zero-order valence-corrected chi connectivity index (χ0v) is 12.0. The fraction of sp³-hybridized carbons (Fsp3) is 0.111. The van der Waals surface area contributed by atoms with E-state index in [1.165, 1.54) is 0 Å². The van der Waals surface area contributed by atoms with Gasteiger partial charge in [-0.3, -0.25) is 9.78 Å². The summed E-state index contributed by atoms with van der Waals surface area (Å²) in [7, 11) is 1.62. The number of carbonyl (C=O) groups is 1. The summed E-state index contributed by atoms with van der Waals surface area (Å²) in [5, 5.41) is 0.967. The van der Waals surface area contributed by atoms with E-state index in [2.05, 4.69) is 4.98 Å². The van der Waals surface area contributed by atoms with Crippen molar-refractivity contribution in [2.45, 2.75) is 6.92 Å². The molecule has 1 aromatic heterocycles. The summed E-state index contributed by atoms with van der Waals surface area (Å²) in [4.78, 5) is 16.9. The fourth-order valence-corrected chi connectivity index (χ4v) is 2.39. The van der Waals surface area contributed by atoms with Gasteiger partial charge in [0.15, 0.2) is 5.78 Å². The van der Waals surface area contributed by atoms with Crippen LogP contribution in [0.4, 0.5) is 0 Å². The third-order valence-corrected chi connectivity index (χ3v) is 3.54. The molecule has 0 atom stereocenters. The van der Waals surface area contributed by atoms with Crippen LogP contribution in [0.1, 0.15) is 21.5 Å². The van der Waals surface area contributed by atoms with Crippen molar-refractivity contribution in [3.63, 3.8) is 0 Å². The first-order chi connectivity index (χ1) is 10.2. The van der Waals surface area contributed by atoms with Gasteiger partial charge in [-0.2, -0.15) is 0 Å². The van der Waals surface area contributed by atoms with E-state index < -0.39 is 0 Å². The molecule has 0 aliphatic rings. The molecule has 3 aromatic rings. The van der Waals surface area contributed by atoms with E-state index in [0.717, 1.165) is 22.2 Å². The van der Waals surface area contributed by atoms with Crippen LogP contribution < -0.4 is 4.74 Å². The molecular weight excluding hydrogens is 262 g/mol. The van der Waals surface area contributed by atoms with Crippen LogP contribution in [0.2, 0.25) is 0 Å². The number of methoxy groups -OCH3 is 1. The molecule has 3 heteroatoms. The van der Waals surface area contributed by atoms with Crippen LogP contribution in [0.25, 0.3) is 10.9 Å². The molecule has 104 valence electrons. The van der Waals surface area contributed by atoms with E-state index in [4.69, 9.17) is 4.74 Å². The van der Waals surface area contributed by atoms with Crippen molar-refractivity contribution in [2.75, 3.05) is 7.11 Å². The largest absolute Gasteiger partial charge is 0.497 e. The van der Waals surface area contributed by atoms with Crippen molar-refractivity contribution in [1.29, 1.82) is 0 Å². The van der Waals surface area contributed by atoms with Gasteiger partial charge in [-0.15, -0.1) is 0 Å². The molecule has 0 fully saturated rings. The summed E-state index contributed by atoms with van der Waals surface area (Å²) in [6, 6.07) is 14.9. The quantitative estimate of drug-likeness (QED) is 0.684. The Balaban J connectivity index is 2.03. The number of fused-ring (bicyclic) bond motifs is 1. The van der Waals surface area contributed by atoms with Crippen LogP contribution in [0.3, 0.4) is 0 Å². The predicted octanol–water partition coefficient (Wildman–Crippen LogP) is 3.78. The van der Waals surface area contributed by atoms with Crippen molar-refractivity contribution in [2.24, 2.45) is 0 Å². The summed E-state index contributed by atoms with van der Waals surface area (Å²) < 4.78 is 5.17. The lowest BCUT2D eigenvalue weighted by molar-refractivity contribution is 0.103. The summed E-state index contributed by atoms with van der Waals surface area (Å²) in [5.41, 5.74) is 3.16. The highest BCUT2D eigenvalue weighted by Crippen LogP contribution is 2.21. The lowest BCUT2D eigenvalue weighted by Gasteiger charge is -2.08. The molecule has 3 nitrogen and oxygen atoms in total. The Kier molecular flexibility index (Phi) is 3.40. The number of nitrogens with zero attached hydrogens (tertiary/aromatic N) is 1. The van der Waals surface area contributed by atoms with Crippen LogP contribution >= 0.6 is 0 Å². The average molecular weight is 277 g/mol. The smallest absolute Gasteiger partial charge is 0.193 e. The Hall–Kier alpha value is -2.68. The molecule has 0 unspecified atom stereocenters. The Bertz CT molecular complexity index is 824. The maximum absolute atomic E-state index is 12.6. The number of aromatic nitrogens is 1. The Morgan fingerprint density at radius 1 is 1.10 bits per heavy atom. The lowest BCUT2D eigenvalue weighted by Crippen LogP contribution is -2.04. The van der Waals surface area contributed by atoms with Gasteiger partial charge in [-0.1, -0.05) is 6.07 Å². The molecule has 1 heterocycles. The molecule has 3 rings (SSSR count). The fourth-order valence-electron chi connectivity index (χ4n) is 2.39. The lowest BCUT2D eigenvalue weighted by atomic mass is 9.98. The molecule has 0 bridgehead atoms. The number of rotatable bonds is 3. The molecule has 21 heavy (non-hydrogen) atoms. The van der Waals surface area contributed by atoms with Crippen LogP contribution in [-0.2, 0) is 0 Å². The Morgan fingerprint density at radius 3 is 2.71 bits per heavy atom. The number of aryl methyl sites for hydroxylation is 1. The van der Waals surface area contributed by atoms with Crippen LogP contribution in [0.15, 0.2) is 54.7 Å². The van der Waals surface area contributed by atoms with E-state index in [9.17, 15) is 4.79 Å². The second kappa shape index (κ2) is 5.37. The number of pyridine rings is 1. The van der Waals surface area contributed by atoms with Crippen molar-refractivity contribution in [3.05, 3.63) is 71.4 Å². The highest BCUT2D eigenvalue weighted by Gasteiger charge is 2.13. The predicted molar refractivity (Wildman–Crippen MR) is 82.9 cm³/mol.